The zero-order valence-electron chi connectivity index (χ0n) is 14.4. The number of aliphatic hydroxyl groups is 1. The fourth-order valence-electron chi connectivity index (χ4n) is 2.82. The van der Waals surface area contributed by atoms with Gasteiger partial charge in [0.05, 0.1) is 6.61 Å². The summed E-state index contributed by atoms with van der Waals surface area (Å²) in [7, 11) is 0. The van der Waals surface area contributed by atoms with Crippen LogP contribution < -0.4 is 0 Å². The van der Waals surface area contributed by atoms with Gasteiger partial charge in [-0.2, -0.15) is 0 Å². The quantitative estimate of drug-likeness (QED) is 0.319. The highest BCUT2D eigenvalue weighted by atomic mass is 16.5. The first kappa shape index (κ1) is 17.5. The Morgan fingerprint density at radius 3 is 2.50 bits per heavy atom. The van der Waals surface area contributed by atoms with Crippen molar-refractivity contribution in [1.29, 1.82) is 0 Å². The summed E-state index contributed by atoms with van der Waals surface area (Å²) in [6.07, 6.45) is 2.69. The molecule has 26 heavy (non-hydrogen) atoms. The third kappa shape index (κ3) is 3.67. The molecule has 132 valence electrons. The highest BCUT2D eigenvalue weighted by molar-refractivity contribution is 6.39. The average molecular weight is 349 g/mol. The lowest BCUT2D eigenvalue weighted by molar-refractivity contribution is -0.151. The summed E-state index contributed by atoms with van der Waals surface area (Å²) >= 11 is 0. The van der Waals surface area contributed by atoms with Gasteiger partial charge >= 0.3 is 5.97 Å². The van der Waals surface area contributed by atoms with Gasteiger partial charge in [0, 0.05) is 35.3 Å². The van der Waals surface area contributed by atoms with Crippen LogP contribution >= 0.6 is 0 Å². The van der Waals surface area contributed by atoms with E-state index in [1.54, 1.807) is 13.1 Å². The molecule has 5 heteroatoms. The van der Waals surface area contributed by atoms with E-state index in [9.17, 15) is 14.7 Å². The first-order chi connectivity index (χ1) is 12.6. The molecule has 0 amide bonds. The Balaban J connectivity index is 1.99. The number of nitrogens with zero attached hydrogens (tertiary/aromatic N) is 1. The molecule has 0 spiro atoms. The van der Waals surface area contributed by atoms with Crippen molar-refractivity contribution in [3.8, 4) is 0 Å². The van der Waals surface area contributed by atoms with E-state index in [-0.39, 0.29) is 12.4 Å². The number of benzene rings is 2. The smallest absolute Gasteiger partial charge is 0.379 e. The summed E-state index contributed by atoms with van der Waals surface area (Å²) in [5.74, 6) is -2.12. The van der Waals surface area contributed by atoms with Crippen molar-refractivity contribution >= 4 is 28.4 Å². The lowest BCUT2D eigenvalue weighted by Gasteiger charge is -2.05. The number of para-hydroxylation sites is 1. The fraction of sp³-hybridized carbons (Fsp3) is 0.143. The van der Waals surface area contributed by atoms with E-state index in [2.05, 4.69) is 4.74 Å². The molecule has 3 aromatic rings. The number of esters is 1. The summed E-state index contributed by atoms with van der Waals surface area (Å²) < 4.78 is 6.66. The van der Waals surface area contributed by atoms with Crippen molar-refractivity contribution < 1.29 is 19.4 Å². The Morgan fingerprint density at radius 1 is 1.08 bits per heavy atom. The van der Waals surface area contributed by atoms with Gasteiger partial charge < -0.3 is 14.4 Å². The van der Waals surface area contributed by atoms with Crippen LogP contribution in [0.4, 0.5) is 0 Å². The first-order valence-electron chi connectivity index (χ1n) is 8.34. The average Bonchev–Trinajstić information content (AvgIpc) is 3.01. The molecule has 0 fully saturated rings. The molecule has 0 saturated carbocycles. The molecule has 3 rings (SSSR count). The number of carbonyl (C=O) groups excluding carboxylic acids is 2. The molecule has 0 unspecified atom stereocenters. The number of aliphatic hydroxyl groups excluding tert-OH is 1. The van der Waals surface area contributed by atoms with E-state index >= 15 is 0 Å². The predicted molar refractivity (Wildman–Crippen MR) is 99.7 cm³/mol. The lowest BCUT2D eigenvalue weighted by atomic mass is 10.1. The number of carbonyl (C=O) groups is 2. The van der Waals surface area contributed by atoms with Crippen molar-refractivity contribution in [2.24, 2.45) is 0 Å². The Morgan fingerprint density at radius 2 is 1.77 bits per heavy atom. The van der Waals surface area contributed by atoms with Crippen molar-refractivity contribution in [2.45, 2.75) is 13.5 Å². The number of fused-ring (bicyclic) bond motifs is 1. The molecule has 0 aliphatic heterocycles. The lowest BCUT2D eigenvalue weighted by Crippen LogP contribution is -2.15. The van der Waals surface area contributed by atoms with Crippen LogP contribution in [0.5, 0.6) is 0 Å². The third-order valence-corrected chi connectivity index (χ3v) is 4.00. The summed E-state index contributed by atoms with van der Waals surface area (Å²) in [5, 5.41) is 11.2. The second-order valence-electron chi connectivity index (χ2n) is 5.79. The zero-order chi connectivity index (χ0) is 18.5. The second-order valence-corrected chi connectivity index (χ2v) is 5.79. The van der Waals surface area contributed by atoms with Gasteiger partial charge in [0.25, 0.3) is 5.78 Å². The van der Waals surface area contributed by atoms with Crippen LogP contribution in [-0.4, -0.2) is 28.0 Å². The van der Waals surface area contributed by atoms with E-state index < -0.39 is 11.8 Å². The van der Waals surface area contributed by atoms with Gasteiger partial charge in [0.1, 0.15) is 5.76 Å². The Kier molecular flexibility index (Phi) is 5.17. The van der Waals surface area contributed by atoms with Crippen LogP contribution in [0.15, 0.2) is 66.9 Å². The molecule has 1 aromatic heterocycles. The van der Waals surface area contributed by atoms with Gasteiger partial charge in [-0.1, -0.05) is 48.5 Å². The SMILES string of the molecule is CCOC(=O)C(=O)/C=C(/O)c1cn(Cc2ccccc2)c2ccccc12. The number of ether oxygens (including phenoxy) is 1. The largest absolute Gasteiger partial charge is 0.507 e. The minimum absolute atomic E-state index is 0.107. The van der Waals surface area contributed by atoms with Gasteiger partial charge in [-0.15, -0.1) is 0 Å². The first-order valence-corrected chi connectivity index (χ1v) is 8.34. The van der Waals surface area contributed by atoms with Gasteiger partial charge in [0.2, 0.25) is 0 Å². The van der Waals surface area contributed by atoms with Gasteiger partial charge in [-0.3, -0.25) is 4.79 Å². The Labute approximate surface area is 151 Å². The third-order valence-electron chi connectivity index (χ3n) is 4.00. The molecule has 0 aliphatic carbocycles. The van der Waals surface area contributed by atoms with Crippen LogP contribution in [0, 0.1) is 0 Å². The normalized spacial score (nSPS) is 11.5. The molecule has 1 N–H and O–H groups in total. The number of hydrogen-bond acceptors (Lipinski definition) is 4. The maximum absolute atomic E-state index is 11.8. The van der Waals surface area contributed by atoms with Crippen LogP contribution in [0.25, 0.3) is 16.7 Å². The number of hydrogen-bond donors (Lipinski definition) is 1. The van der Waals surface area contributed by atoms with E-state index in [4.69, 9.17) is 0 Å². The van der Waals surface area contributed by atoms with Gasteiger partial charge in [-0.05, 0) is 18.6 Å². The summed E-state index contributed by atoms with van der Waals surface area (Å²) in [4.78, 5) is 23.3. The highest BCUT2D eigenvalue weighted by Gasteiger charge is 2.17. The minimum atomic E-state index is -0.980. The number of rotatable bonds is 6. The predicted octanol–water partition coefficient (Wildman–Crippen LogP) is 3.72. The topological polar surface area (TPSA) is 68.5 Å². The summed E-state index contributed by atoms with van der Waals surface area (Å²) in [5.41, 5.74) is 2.54. The molecular formula is C21H19NO4. The minimum Gasteiger partial charge on any atom is -0.507 e. The molecule has 0 aliphatic rings. The molecule has 0 radical (unpaired) electrons. The van der Waals surface area contributed by atoms with Crippen LogP contribution in [0.2, 0.25) is 0 Å². The van der Waals surface area contributed by atoms with Crippen molar-refractivity contribution in [2.75, 3.05) is 6.61 Å². The molecular weight excluding hydrogens is 330 g/mol. The number of aromatic nitrogens is 1. The molecule has 0 atom stereocenters. The number of ketones is 1. The Bertz CT molecular complexity index is 970. The van der Waals surface area contributed by atoms with Crippen molar-refractivity contribution in [3.05, 3.63) is 78.0 Å². The van der Waals surface area contributed by atoms with Crippen molar-refractivity contribution in [3.63, 3.8) is 0 Å². The van der Waals surface area contributed by atoms with Crippen LogP contribution in [0.3, 0.4) is 0 Å². The van der Waals surface area contributed by atoms with E-state index in [1.807, 2.05) is 59.2 Å². The molecule has 5 nitrogen and oxygen atoms in total. The monoisotopic (exact) mass is 349 g/mol. The summed E-state index contributed by atoms with van der Waals surface area (Å²) in [6.45, 7) is 2.35. The standard InChI is InChI=1S/C21H19NO4/c1-2-26-21(25)20(24)12-19(23)17-14-22(13-15-8-4-3-5-9-15)18-11-7-6-10-16(17)18/h3-12,14,23H,2,13H2,1H3/b19-12+. The zero-order valence-corrected chi connectivity index (χ0v) is 14.4. The molecule has 1 heterocycles. The maximum Gasteiger partial charge on any atom is 0.379 e. The molecule has 2 aromatic carbocycles. The second kappa shape index (κ2) is 7.70. The summed E-state index contributed by atoms with van der Waals surface area (Å²) in [6, 6.07) is 17.5. The molecule has 0 bridgehead atoms. The maximum atomic E-state index is 11.8. The fourth-order valence-corrected chi connectivity index (χ4v) is 2.82. The highest BCUT2D eigenvalue weighted by Crippen LogP contribution is 2.27. The van der Waals surface area contributed by atoms with E-state index in [0.717, 1.165) is 22.5 Å². The van der Waals surface area contributed by atoms with Gasteiger partial charge in [0.15, 0.2) is 0 Å². The van der Waals surface area contributed by atoms with E-state index in [1.165, 1.54) is 0 Å². The van der Waals surface area contributed by atoms with Crippen LogP contribution in [0.1, 0.15) is 18.1 Å². The Hall–Kier alpha value is -3.34. The van der Waals surface area contributed by atoms with Crippen LogP contribution in [-0.2, 0) is 20.9 Å². The molecule has 0 saturated heterocycles. The van der Waals surface area contributed by atoms with Gasteiger partial charge in [-0.25, -0.2) is 4.79 Å². The van der Waals surface area contributed by atoms with E-state index in [0.29, 0.717) is 12.1 Å². The van der Waals surface area contributed by atoms with Crippen molar-refractivity contribution in [1.82, 2.24) is 4.57 Å².